The normalized spacial score (nSPS) is 11.6. The van der Waals surface area contributed by atoms with Gasteiger partial charge < -0.3 is 10.3 Å². The first-order valence-electron chi connectivity index (χ1n) is 8.31. The van der Waals surface area contributed by atoms with Crippen molar-refractivity contribution in [2.45, 2.75) is 6.18 Å². The smallest absolute Gasteiger partial charge is 0.360 e. The molecule has 0 unspecified atom stereocenters. The maximum absolute atomic E-state index is 12.9. The summed E-state index contributed by atoms with van der Waals surface area (Å²) in [7, 11) is 0. The molecule has 2 aromatic heterocycles. The maximum atomic E-state index is 12.9. The van der Waals surface area contributed by atoms with Crippen LogP contribution in [0.1, 0.15) is 15.9 Å². The number of hydrogen-bond acceptors (Lipinski definition) is 5. The first kappa shape index (κ1) is 19.8. The van der Waals surface area contributed by atoms with Gasteiger partial charge >= 0.3 is 6.18 Å². The summed E-state index contributed by atoms with van der Waals surface area (Å²) >= 11 is 3.32. The third-order valence-electron chi connectivity index (χ3n) is 4.27. The number of hydrogen-bond donors (Lipinski definition) is 3. The average Bonchev–Trinajstić information content (AvgIpc) is 3.23. The summed E-state index contributed by atoms with van der Waals surface area (Å²) in [5.74, 6) is -0.524. The molecule has 152 valence electrons. The van der Waals surface area contributed by atoms with E-state index in [2.05, 4.69) is 46.9 Å². The Balaban J connectivity index is 1.71. The van der Waals surface area contributed by atoms with E-state index < -0.39 is 23.1 Å². The van der Waals surface area contributed by atoms with E-state index in [4.69, 9.17) is 0 Å². The molecule has 0 bridgehead atoms. The van der Waals surface area contributed by atoms with E-state index in [1.807, 2.05) is 0 Å². The van der Waals surface area contributed by atoms with Crippen LogP contribution in [0.3, 0.4) is 0 Å². The van der Waals surface area contributed by atoms with E-state index >= 15 is 0 Å². The lowest BCUT2D eigenvalue weighted by Gasteiger charge is -2.11. The summed E-state index contributed by atoms with van der Waals surface area (Å²) in [6.07, 6.45) is -3.47. The van der Waals surface area contributed by atoms with Gasteiger partial charge in [-0.15, -0.1) is 10.2 Å². The van der Waals surface area contributed by atoms with Crippen LogP contribution in [-0.2, 0) is 6.18 Å². The van der Waals surface area contributed by atoms with E-state index in [1.165, 1.54) is 0 Å². The summed E-state index contributed by atoms with van der Waals surface area (Å²) in [6, 6.07) is 7.56. The molecular weight excluding hydrogens is 469 g/mol. The van der Waals surface area contributed by atoms with Crippen LogP contribution in [0.5, 0.6) is 0 Å². The standard InChI is InChI=1S/C18H10BrF3N6O2/c19-9-2-4-13(11(6-9)16-25-27-28-26-16)24-17(30)12-7-23-14-5-8(18(20,21)22)1-3-10(14)15(12)29/h1-7H,(H,23,29)(H,24,30)(H,25,26,27,28). The fraction of sp³-hybridized carbons (Fsp3) is 0.0556. The van der Waals surface area contributed by atoms with Crippen LogP contribution in [0.2, 0.25) is 0 Å². The summed E-state index contributed by atoms with van der Waals surface area (Å²) in [6.45, 7) is 0. The van der Waals surface area contributed by atoms with E-state index in [0.717, 1.165) is 24.4 Å². The second-order valence-electron chi connectivity index (χ2n) is 6.17. The molecule has 0 saturated heterocycles. The zero-order valence-electron chi connectivity index (χ0n) is 14.7. The van der Waals surface area contributed by atoms with Gasteiger partial charge in [-0.2, -0.15) is 18.4 Å². The van der Waals surface area contributed by atoms with E-state index in [9.17, 15) is 22.8 Å². The minimum atomic E-state index is -4.55. The number of H-pyrrole nitrogens is 2. The van der Waals surface area contributed by atoms with Gasteiger partial charge in [-0.1, -0.05) is 15.9 Å². The minimum Gasteiger partial charge on any atom is -0.360 e. The number of tetrazole rings is 1. The average molecular weight is 479 g/mol. The van der Waals surface area contributed by atoms with Crippen molar-refractivity contribution in [3.63, 3.8) is 0 Å². The molecule has 0 fully saturated rings. The molecule has 4 aromatic rings. The van der Waals surface area contributed by atoms with Crippen LogP contribution >= 0.6 is 15.9 Å². The first-order chi connectivity index (χ1) is 14.2. The predicted octanol–water partition coefficient (Wildman–Crippen LogP) is 3.74. The van der Waals surface area contributed by atoms with Gasteiger partial charge in [0.05, 0.1) is 11.3 Å². The number of aromatic amines is 2. The SMILES string of the molecule is O=C(Nc1ccc(Br)cc1-c1nn[nH]n1)c1c[nH]c2cc(C(F)(F)F)ccc2c1=O. The highest BCUT2D eigenvalue weighted by Gasteiger charge is 2.30. The van der Waals surface area contributed by atoms with Gasteiger partial charge in [-0.3, -0.25) is 9.59 Å². The number of carbonyl (C=O) groups is 1. The zero-order chi connectivity index (χ0) is 21.5. The van der Waals surface area contributed by atoms with Crippen LogP contribution in [0.4, 0.5) is 18.9 Å². The number of halogens is 4. The number of amides is 1. The Morgan fingerprint density at radius 2 is 1.93 bits per heavy atom. The topological polar surface area (TPSA) is 116 Å². The molecule has 8 nitrogen and oxygen atoms in total. The second kappa shape index (κ2) is 7.37. The van der Waals surface area contributed by atoms with Gasteiger partial charge in [0.1, 0.15) is 5.56 Å². The van der Waals surface area contributed by atoms with Gasteiger partial charge in [-0.05, 0) is 41.6 Å². The van der Waals surface area contributed by atoms with Crippen molar-refractivity contribution >= 4 is 38.4 Å². The molecule has 3 N–H and O–H groups in total. The molecule has 0 atom stereocenters. The number of aromatic nitrogens is 5. The largest absolute Gasteiger partial charge is 0.416 e. The molecule has 0 aliphatic rings. The molecule has 0 spiro atoms. The number of carbonyl (C=O) groups excluding carboxylic acids is 1. The van der Waals surface area contributed by atoms with Crippen molar-refractivity contribution in [3.05, 3.63) is 68.4 Å². The third kappa shape index (κ3) is 3.68. The number of anilines is 1. The number of fused-ring (bicyclic) bond motifs is 1. The molecule has 0 saturated carbocycles. The molecule has 1 amide bonds. The fourth-order valence-electron chi connectivity index (χ4n) is 2.84. The Bertz CT molecular complexity index is 1320. The number of rotatable bonds is 3. The first-order valence-corrected chi connectivity index (χ1v) is 9.11. The van der Waals surface area contributed by atoms with Crippen LogP contribution in [0.25, 0.3) is 22.3 Å². The van der Waals surface area contributed by atoms with Gasteiger partial charge in [0.25, 0.3) is 5.91 Å². The molecule has 0 radical (unpaired) electrons. The Morgan fingerprint density at radius 1 is 1.13 bits per heavy atom. The molecule has 0 aliphatic heterocycles. The Morgan fingerprint density at radius 3 is 2.63 bits per heavy atom. The fourth-order valence-corrected chi connectivity index (χ4v) is 3.20. The highest BCUT2D eigenvalue weighted by Crippen LogP contribution is 2.31. The lowest BCUT2D eigenvalue weighted by Crippen LogP contribution is -2.22. The quantitative estimate of drug-likeness (QED) is 0.414. The molecule has 2 heterocycles. The molecule has 2 aromatic carbocycles. The summed E-state index contributed by atoms with van der Waals surface area (Å²) in [4.78, 5) is 28.0. The van der Waals surface area contributed by atoms with Crippen LogP contribution in [-0.4, -0.2) is 31.5 Å². The summed E-state index contributed by atoms with van der Waals surface area (Å²) in [5, 5.41) is 16.1. The predicted molar refractivity (Wildman–Crippen MR) is 105 cm³/mol. The van der Waals surface area contributed by atoms with Gasteiger partial charge in [0.15, 0.2) is 0 Å². The molecule has 4 rings (SSSR count). The molecule has 30 heavy (non-hydrogen) atoms. The number of benzene rings is 2. The number of pyridine rings is 1. The second-order valence-corrected chi connectivity index (χ2v) is 7.08. The Hall–Kier alpha value is -3.54. The van der Waals surface area contributed by atoms with E-state index in [-0.39, 0.29) is 22.3 Å². The highest BCUT2D eigenvalue weighted by atomic mass is 79.9. The van der Waals surface area contributed by atoms with E-state index in [1.54, 1.807) is 18.2 Å². The van der Waals surface area contributed by atoms with Gasteiger partial charge in [0.2, 0.25) is 11.3 Å². The molecule has 0 aliphatic carbocycles. The van der Waals surface area contributed by atoms with Crippen LogP contribution in [0.15, 0.2) is 51.9 Å². The van der Waals surface area contributed by atoms with Crippen molar-refractivity contribution in [2.24, 2.45) is 0 Å². The summed E-state index contributed by atoms with van der Waals surface area (Å²) < 4.78 is 39.3. The summed E-state index contributed by atoms with van der Waals surface area (Å²) in [5.41, 5.74) is -1.13. The van der Waals surface area contributed by atoms with E-state index in [0.29, 0.717) is 15.7 Å². The van der Waals surface area contributed by atoms with Crippen molar-refractivity contribution in [1.29, 1.82) is 0 Å². The lowest BCUT2D eigenvalue weighted by atomic mass is 10.1. The maximum Gasteiger partial charge on any atom is 0.416 e. The number of alkyl halides is 3. The van der Waals surface area contributed by atoms with Crippen LogP contribution in [0, 0.1) is 0 Å². The number of nitrogens with zero attached hydrogens (tertiary/aromatic N) is 3. The van der Waals surface area contributed by atoms with Crippen molar-refractivity contribution in [2.75, 3.05) is 5.32 Å². The third-order valence-corrected chi connectivity index (χ3v) is 4.76. The van der Waals surface area contributed by atoms with Gasteiger partial charge in [0, 0.05) is 27.1 Å². The van der Waals surface area contributed by atoms with Gasteiger partial charge in [-0.25, -0.2) is 0 Å². The molecular formula is C18H10BrF3N6O2. The van der Waals surface area contributed by atoms with Crippen LogP contribution < -0.4 is 10.7 Å². The highest BCUT2D eigenvalue weighted by molar-refractivity contribution is 9.10. The monoisotopic (exact) mass is 478 g/mol. The van der Waals surface area contributed by atoms with Crippen molar-refractivity contribution in [3.8, 4) is 11.4 Å². The minimum absolute atomic E-state index is 0.0255. The Labute approximate surface area is 173 Å². The van der Waals surface area contributed by atoms with Crippen molar-refractivity contribution < 1.29 is 18.0 Å². The zero-order valence-corrected chi connectivity index (χ0v) is 16.3. The lowest BCUT2D eigenvalue weighted by molar-refractivity contribution is -0.137. The Kier molecular flexibility index (Phi) is 4.86. The molecule has 12 heteroatoms. The number of nitrogens with one attached hydrogen (secondary N) is 3. The van der Waals surface area contributed by atoms with Crippen molar-refractivity contribution in [1.82, 2.24) is 25.6 Å².